The Balaban J connectivity index is 1.69. The van der Waals surface area contributed by atoms with E-state index in [9.17, 15) is 13.2 Å². The first-order valence-corrected chi connectivity index (χ1v) is 10.5. The van der Waals surface area contributed by atoms with E-state index in [2.05, 4.69) is 0 Å². The minimum Gasteiger partial charge on any atom is -0.484 e. The van der Waals surface area contributed by atoms with Crippen LogP contribution in [0.15, 0.2) is 24.3 Å². The standard InChI is InChI=1S/C17H22ClNO4S/c18-13-4-3-7-16(10-13)23-11-17(20)19(14-5-1-2-6-14)15-8-9-24(21,22)12-15/h3-4,7,10,14-15H,1-2,5-6,8-9,11-12H2/t15-/m1/s1. The number of halogens is 1. The fourth-order valence-corrected chi connectivity index (χ4v) is 5.55. The van der Waals surface area contributed by atoms with Gasteiger partial charge in [0, 0.05) is 17.1 Å². The van der Waals surface area contributed by atoms with Crippen LogP contribution in [0.4, 0.5) is 0 Å². The Kier molecular flexibility index (Phi) is 5.35. The zero-order valence-corrected chi connectivity index (χ0v) is 15.1. The summed E-state index contributed by atoms with van der Waals surface area (Å²) in [5, 5.41) is 0.550. The quantitative estimate of drug-likeness (QED) is 0.798. The maximum Gasteiger partial charge on any atom is 0.261 e. The molecule has 1 aliphatic carbocycles. The second-order valence-corrected chi connectivity index (χ2v) is 9.21. The van der Waals surface area contributed by atoms with E-state index in [4.69, 9.17) is 16.3 Å². The van der Waals surface area contributed by atoms with Gasteiger partial charge >= 0.3 is 0 Å². The van der Waals surface area contributed by atoms with Crippen molar-refractivity contribution in [3.63, 3.8) is 0 Å². The molecule has 0 aromatic heterocycles. The fourth-order valence-electron chi connectivity index (χ4n) is 3.66. The fraction of sp³-hybridized carbons (Fsp3) is 0.588. The molecule has 1 atom stereocenters. The van der Waals surface area contributed by atoms with Crippen LogP contribution in [-0.2, 0) is 14.6 Å². The molecule has 1 aromatic rings. The average Bonchev–Trinajstić information content (AvgIpc) is 3.16. The van der Waals surface area contributed by atoms with E-state index in [1.807, 2.05) is 0 Å². The number of amides is 1. The molecular weight excluding hydrogens is 350 g/mol. The normalized spacial score (nSPS) is 23.3. The molecule has 132 valence electrons. The minimum atomic E-state index is -3.03. The van der Waals surface area contributed by atoms with Crippen LogP contribution in [0.3, 0.4) is 0 Å². The lowest BCUT2D eigenvalue weighted by Crippen LogP contribution is -2.48. The Morgan fingerprint density at radius 3 is 2.58 bits per heavy atom. The molecule has 7 heteroatoms. The van der Waals surface area contributed by atoms with Gasteiger partial charge < -0.3 is 9.64 Å². The highest BCUT2D eigenvalue weighted by atomic mass is 35.5. The molecule has 1 saturated carbocycles. The highest BCUT2D eigenvalue weighted by Gasteiger charge is 2.39. The summed E-state index contributed by atoms with van der Waals surface area (Å²) in [7, 11) is -3.03. The number of hydrogen-bond donors (Lipinski definition) is 0. The molecule has 0 spiro atoms. The number of rotatable bonds is 5. The van der Waals surface area contributed by atoms with E-state index in [0.717, 1.165) is 25.7 Å². The van der Waals surface area contributed by atoms with Crippen molar-refractivity contribution < 1.29 is 17.9 Å². The maximum atomic E-state index is 12.8. The molecule has 1 heterocycles. The summed E-state index contributed by atoms with van der Waals surface area (Å²) in [6, 6.07) is 6.84. The van der Waals surface area contributed by atoms with E-state index in [0.29, 0.717) is 17.2 Å². The molecule has 2 aliphatic rings. The molecule has 0 radical (unpaired) electrons. The van der Waals surface area contributed by atoms with E-state index in [1.54, 1.807) is 29.2 Å². The molecule has 1 saturated heterocycles. The van der Waals surface area contributed by atoms with Crippen LogP contribution in [0, 0.1) is 0 Å². The molecular formula is C17H22ClNO4S. The topological polar surface area (TPSA) is 63.7 Å². The van der Waals surface area contributed by atoms with Crippen molar-refractivity contribution in [3.05, 3.63) is 29.3 Å². The van der Waals surface area contributed by atoms with Gasteiger partial charge in [-0.2, -0.15) is 0 Å². The van der Waals surface area contributed by atoms with Crippen LogP contribution in [0.25, 0.3) is 0 Å². The van der Waals surface area contributed by atoms with Crippen molar-refractivity contribution in [2.45, 2.75) is 44.2 Å². The predicted octanol–water partition coefficient (Wildman–Crippen LogP) is 2.68. The first-order chi connectivity index (χ1) is 11.4. The Labute approximate surface area is 147 Å². The molecule has 2 fully saturated rings. The summed E-state index contributed by atoms with van der Waals surface area (Å²) >= 11 is 5.92. The summed E-state index contributed by atoms with van der Waals surface area (Å²) in [5.74, 6) is 0.653. The SMILES string of the molecule is O=C(COc1cccc(Cl)c1)N(C1CCCC1)[C@@H]1CCS(=O)(=O)C1. The van der Waals surface area contributed by atoms with E-state index in [1.165, 1.54) is 0 Å². The number of hydrogen-bond acceptors (Lipinski definition) is 4. The second-order valence-electron chi connectivity index (χ2n) is 6.54. The van der Waals surface area contributed by atoms with Crippen LogP contribution in [0.1, 0.15) is 32.1 Å². The Hall–Kier alpha value is -1.27. The molecule has 5 nitrogen and oxygen atoms in total. The monoisotopic (exact) mass is 371 g/mol. The Morgan fingerprint density at radius 1 is 1.21 bits per heavy atom. The first-order valence-electron chi connectivity index (χ1n) is 8.34. The van der Waals surface area contributed by atoms with Gasteiger partial charge in [0.25, 0.3) is 5.91 Å². The van der Waals surface area contributed by atoms with Crippen LogP contribution < -0.4 is 4.74 Å². The third kappa shape index (κ3) is 4.22. The lowest BCUT2D eigenvalue weighted by Gasteiger charge is -2.34. The van der Waals surface area contributed by atoms with Crippen molar-refractivity contribution in [2.24, 2.45) is 0 Å². The van der Waals surface area contributed by atoms with Crippen molar-refractivity contribution in [2.75, 3.05) is 18.1 Å². The summed E-state index contributed by atoms with van der Waals surface area (Å²) in [6.07, 6.45) is 4.59. The molecule has 0 bridgehead atoms. The number of ether oxygens (including phenoxy) is 1. The molecule has 1 amide bonds. The largest absolute Gasteiger partial charge is 0.484 e. The van der Waals surface area contributed by atoms with Gasteiger partial charge in [-0.1, -0.05) is 30.5 Å². The zero-order valence-electron chi connectivity index (χ0n) is 13.5. The molecule has 1 aromatic carbocycles. The third-order valence-corrected chi connectivity index (χ3v) is 6.75. The number of nitrogens with zero attached hydrogens (tertiary/aromatic N) is 1. The van der Waals surface area contributed by atoms with E-state index in [-0.39, 0.29) is 36.1 Å². The van der Waals surface area contributed by atoms with Gasteiger partial charge in [-0.05, 0) is 37.5 Å². The molecule has 1 aliphatic heterocycles. The van der Waals surface area contributed by atoms with E-state index >= 15 is 0 Å². The zero-order chi connectivity index (χ0) is 17.2. The highest BCUT2D eigenvalue weighted by molar-refractivity contribution is 7.91. The third-order valence-electron chi connectivity index (χ3n) is 4.77. The van der Waals surface area contributed by atoms with Crippen LogP contribution in [0.5, 0.6) is 5.75 Å². The second kappa shape index (κ2) is 7.31. The Bertz CT molecular complexity index is 700. The van der Waals surface area contributed by atoms with Crippen molar-refractivity contribution in [1.82, 2.24) is 4.90 Å². The smallest absolute Gasteiger partial charge is 0.261 e. The number of carbonyl (C=O) groups excluding carboxylic acids is 1. The molecule has 24 heavy (non-hydrogen) atoms. The van der Waals surface area contributed by atoms with Gasteiger partial charge in [0.05, 0.1) is 11.5 Å². The lowest BCUT2D eigenvalue weighted by atomic mass is 10.1. The Morgan fingerprint density at radius 2 is 1.96 bits per heavy atom. The van der Waals surface area contributed by atoms with Gasteiger partial charge in [-0.15, -0.1) is 0 Å². The van der Waals surface area contributed by atoms with Crippen LogP contribution >= 0.6 is 11.6 Å². The van der Waals surface area contributed by atoms with Gasteiger partial charge in [0.15, 0.2) is 16.4 Å². The highest BCUT2D eigenvalue weighted by Crippen LogP contribution is 2.29. The molecule has 0 N–H and O–H groups in total. The minimum absolute atomic E-state index is 0.0758. The average molecular weight is 372 g/mol. The van der Waals surface area contributed by atoms with E-state index < -0.39 is 9.84 Å². The van der Waals surface area contributed by atoms with Crippen LogP contribution in [0.2, 0.25) is 5.02 Å². The first kappa shape index (κ1) is 17.5. The molecule has 3 rings (SSSR count). The summed E-state index contributed by atoms with van der Waals surface area (Å²) in [5.41, 5.74) is 0. The van der Waals surface area contributed by atoms with Crippen LogP contribution in [-0.4, -0.2) is 49.4 Å². The van der Waals surface area contributed by atoms with Gasteiger partial charge in [-0.25, -0.2) is 8.42 Å². The number of benzene rings is 1. The van der Waals surface area contributed by atoms with Crippen molar-refractivity contribution in [1.29, 1.82) is 0 Å². The van der Waals surface area contributed by atoms with Gasteiger partial charge in [-0.3, -0.25) is 4.79 Å². The van der Waals surface area contributed by atoms with Crippen molar-refractivity contribution >= 4 is 27.3 Å². The molecule has 0 unspecified atom stereocenters. The summed E-state index contributed by atoms with van der Waals surface area (Å²) in [6.45, 7) is -0.0899. The predicted molar refractivity (Wildman–Crippen MR) is 93.1 cm³/mol. The van der Waals surface area contributed by atoms with Gasteiger partial charge in [0.1, 0.15) is 5.75 Å². The summed E-state index contributed by atoms with van der Waals surface area (Å²) < 4.78 is 29.2. The maximum absolute atomic E-state index is 12.8. The summed E-state index contributed by atoms with van der Waals surface area (Å²) in [4.78, 5) is 14.6. The van der Waals surface area contributed by atoms with Crippen molar-refractivity contribution in [3.8, 4) is 5.75 Å². The van der Waals surface area contributed by atoms with Gasteiger partial charge in [0.2, 0.25) is 0 Å². The number of carbonyl (C=O) groups is 1. The lowest BCUT2D eigenvalue weighted by molar-refractivity contribution is -0.137. The number of sulfone groups is 1.